The molecule has 0 bridgehead atoms. The molecule has 2 aliphatic rings. The van der Waals surface area contributed by atoms with Gasteiger partial charge < -0.3 is 14.9 Å². The summed E-state index contributed by atoms with van der Waals surface area (Å²) in [5.41, 5.74) is 1.04. The van der Waals surface area contributed by atoms with E-state index < -0.39 is 11.6 Å². The Bertz CT molecular complexity index is 621. The Balaban J connectivity index is 1.71. The first kappa shape index (κ1) is 17.4. The van der Waals surface area contributed by atoms with Crippen LogP contribution < -0.4 is 0 Å². The van der Waals surface area contributed by atoms with E-state index >= 15 is 0 Å². The molecule has 6 nitrogen and oxygen atoms in total. The molecule has 0 aromatic carbocycles. The molecule has 1 spiro atoms. The summed E-state index contributed by atoms with van der Waals surface area (Å²) in [6, 6.07) is 0. The summed E-state index contributed by atoms with van der Waals surface area (Å²) < 4.78 is 0. The van der Waals surface area contributed by atoms with E-state index in [0.29, 0.717) is 30.9 Å². The van der Waals surface area contributed by atoms with Crippen molar-refractivity contribution in [2.45, 2.75) is 51.7 Å². The normalized spacial score (nSPS) is 25.8. The number of carbonyl (C=O) groups is 2. The minimum Gasteiger partial charge on any atom is -0.391 e. The quantitative estimate of drug-likeness (QED) is 0.837. The Morgan fingerprint density at radius 2 is 2.00 bits per heavy atom. The highest BCUT2D eigenvalue weighted by molar-refractivity contribution is 7.11. The van der Waals surface area contributed by atoms with Gasteiger partial charge in [-0.2, -0.15) is 0 Å². The maximum atomic E-state index is 12.5. The van der Waals surface area contributed by atoms with Crippen LogP contribution in [-0.4, -0.2) is 63.0 Å². The van der Waals surface area contributed by atoms with Gasteiger partial charge in [-0.3, -0.25) is 14.6 Å². The molecule has 7 heteroatoms. The average Bonchev–Trinajstić information content (AvgIpc) is 3.05. The number of piperidine rings is 2. The smallest absolute Gasteiger partial charge is 0.265 e. The van der Waals surface area contributed by atoms with E-state index in [9.17, 15) is 14.7 Å². The minimum atomic E-state index is -0.543. The number of hydrogen-bond acceptors (Lipinski definition) is 5. The van der Waals surface area contributed by atoms with E-state index in [-0.39, 0.29) is 17.2 Å². The first-order valence-corrected chi connectivity index (χ1v) is 9.27. The lowest BCUT2D eigenvalue weighted by atomic mass is 9.67. The summed E-state index contributed by atoms with van der Waals surface area (Å²) in [4.78, 5) is 32.8. The number of rotatable bonds is 1. The molecule has 2 fully saturated rings. The lowest BCUT2D eigenvalue weighted by molar-refractivity contribution is -0.156. The molecule has 1 N–H and O–H groups in total. The van der Waals surface area contributed by atoms with Crippen molar-refractivity contribution in [2.75, 3.05) is 19.6 Å². The largest absolute Gasteiger partial charge is 0.391 e. The topological polar surface area (TPSA) is 73.7 Å². The van der Waals surface area contributed by atoms with Crippen molar-refractivity contribution in [3.05, 3.63) is 16.6 Å². The van der Waals surface area contributed by atoms with E-state index in [1.807, 2.05) is 23.6 Å². The molecule has 2 aliphatic heterocycles. The van der Waals surface area contributed by atoms with E-state index in [4.69, 9.17) is 0 Å². The number of carbonyl (C=O) groups excluding carboxylic acids is 2. The van der Waals surface area contributed by atoms with Crippen molar-refractivity contribution in [2.24, 2.45) is 5.41 Å². The number of thiazole rings is 1. The van der Waals surface area contributed by atoms with Crippen LogP contribution in [0.15, 0.2) is 11.7 Å². The first-order chi connectivity index (χ1) is 11.3. The van der Waals surface area contributed by atoms with Gasteiger partial charge in [0.1, 0.15) is 4.88 Å². The van der Waals surface area contributed by atoms with Crippen molar-refractivity contribution in [3.63, 3.8) is 0 Å². The van der Waals surface area contributed by atoms with E-state index in [1.54, 1.807) is 18.6 Å². The number of nitrogens with zero attached hydrogens (tertiary/aromatic N) is 3. The van der Waals surface area contributed by atoms with Crippen molar-refractivity contribution in [1.82, 2.24) is 14.8 Å². The number of aliphatic hydroxyl groups is 1. The third-order valence-electron chi connectivity index (χ3n) is 5.77. The van der Waals surface area contributed by atoms with Crippen LogP contribution in [0, 0.1) is 5.41 Å². The average molecular weight is 351 g/mol. The van der Waals surface area contributed by atoms with Gasteiger partial charge in [0.2, 0.25) is 5.91 Å². The second-order valence-electron chi connectivity index (χ2n) is 7.64. The van der Waals surface area contributed by atoms with Gasteiger partial charge in [-0.25, -0.2) is 0 Å². The van der Waals surface area contributed by atoms with Gasteiger partial charge in [-0.15, -0.1) is 11.3 Å². The number of aromatic nitrogens is 1. The van der Waals surface area contributed by atoms with Gasteiger partial charge in [0, 0.05) is 26.6 Å². The lowest BCUT2D eigenvalue weighted by Crippen LogP contribution is -2.64. The minimum absolute atomic E-state index is 0.00120. The molecular weight excluding hydrogens is 326 g/mol. The Labute approximate surface area is 146 Å². The standard InChI is InChI=1S/C17H25N3O3S/c1-12(21)20-10-17(8-14(22)16(20,2)3)4-6-19(7-5-17)15(23)13-9-18-11-24-13/h9,11,14,22H,4-8,10H2,1-3H3/t14-/m1/s1. The Morgan fingerprint density at radius 1 is 1.33 bits per heavy atom. The third-order valence-corrected chi connectivity index (χ3v) is 6.53. The molecular formula is C17H25N3O3S. The van der Waals surface area contributed by atoms with Gasteiger partial charge >= 0.3 is 0 Å². The molecule has 132 valence electrons. The van der Waals surface area contributed by atoms with Crippen LogP contribution in [0.1, 0.15) is 49.7 Å². The first-order valence-electron chi connectivity index (χ1n) is 8.39. The van der Waals surface area contributed by atoms with Crippen molar-refractivity contribution in [1.29, 1.82) is 0 Å². The fourth-order valence-corrected chi connectivity index (χ4v) is 4.57. The summed E-state index contributed by atoms with van der Waals surface area (Å²) in [6.07, 6.45) is 3.38. The molecule has 0 saturated carbocycles. The van der Waals surface area contributed by atoms with Crippen LogP contribution in [0.2, 0.25) is 0 Å². The maximum Gasteiger partial charge on any atom is 0.265 e. The van der Waals surface area contributed by atoms with Crippen molar-refractivity contribution in [3.8, 4) is 0 Å². The molecule has 2 amide bonds. The van der Waals surface area contributed by atoms with E-state index in [0.717, 1.165) is 12.8 Å². The molecule has 1 aromatic heterocycles. The number of likely N-dealkylation sites (tertiary alicyclic amines) is 2. The van der Waals surface area contributed by atoms with Crippen LogP contribution in [0.3, 0.4) is 0 Å². The number of amides is 2. The van der Waals surface area contributed by atoms with E-state index in [2.05, 4.69) is 4.98 Å². The van der Waals surface area contributed by atoms with Gasteiger partial charge in [0.25, 0.3) is 5.91 Å². The predicted octanol–water partition coefficient (Wildman–Crippen LogP) is 1.76. The molecule has 0 radical (unpaired) electrons. The summed E-state index contributed by atoms with van der Waals surface area (Å²) in [7, 11) is 0. The fourth-order valence-electron chi connectivity index (χ4n) is 3.98. The Kier molecular flexibility index (Phi) is 4.42. The molecule has 24 heavy (non-hydrogen) atoms. The van der Waals surface area contributed by atoms with Gasteiger partial charge in [-0.1, -0.05) is 0 Å². The highest BCUT2D eigenvalue weighted by Crippen LogP contribution is 2.45. The Morgan fingerprint density at radius 3 is 2.54 bits per heavy atom. The van der Waals surface area contributed by atoms with Crippen LogP contribution in [0.25, 0.3) is 0 Å². The van der Waals surface area contributed by atoms with E-state index in [1.165, 1.54) is 11.3 Å². The third kappa shape index (κ3) is 2.95. The zero-order chi connectivity index (χ0) is 17.5. The second-order valence-corrected chi connectivity index (χ2v) is 8.52. The molecule has 1 aromatic rings. The van der Waals surface area contributed by atoms with Gasteiger partial charge in [0.15, 0.2) is 0 Å². The number of aliphatic hydroxyl groups excluding tert-OH is 1. The SMILES string of the molecule is CC(=O)N1CC2(CCN(C(=O)c3cncs3)CC2)C[C@@H](O)C1(C)C. The molecule has 1 atom stereocenters. The molecule has 0 unspecified atom stereocenters. The van der Waals surface area contributed by atoms with Gasteiger partial charge in [-0.05, 0) is 38.5 Å². The Hall–Kier alpha value is -1.47. The fraction of sp³-hybridized carbons (Fsp3) is 0.706. The molecule has 3 rings (SSSR count). The van der Waals surface area contributed by atoms with Crippen LogP contribution in [0.5, 0.6) is 0 Å². The van der Waals surface area contributed by atoms with Crippen LogP contribution >= 0.6 is 11.3 Å². The summed E-state index contributed by atoms with van der Waals surface area (Å²) >= 11 is 1.36. The summed E-state index contributed by atoms with van der Waals surface area (Å²) in [6.45, 7) is 7.40. The van der Waals surface area contributed by atoms with Gasteiger partial charge in [0.05, 0.1) is 23.4 Å². The highest BCUT2D eigenvalue weighted by atomic mass is 32.1. The number of hydrogen-bond donors (Lipinski definition) is 1. The zero-order valence-corrected chi connectivity index (χ0v) is 15.3. The lowest BCUT2D eigenvalue weighted by Gasteiger charge is -2.55. The highest BCUT2D eigenvalue weighted by Gasteiger charge is 2.50. The summed E-state index contributed by atoms with van der Waals surface area (Å²) in [5, 5.41) is 10.6. The molecule has 2 saturated heterocycles. The van der Waals surface area contributed by atoms with Crippen LogP contribution in [0.4, 0.5) is 0 Å². The van der Waals surface area contributed by atoms with Crippen molar-refractivity contribution >= 4 is 23.2 Å². The zero-order valence-electron chi connectivity index (χ0n) is 14.5. The van der Waals surface area contributed by atoms with Crippen LogP contribution in [-0.2, 0) is 4.79 Å². The molecule has 0 aliphatic carbocycles. The van der Waals surface area contributed by atoms with Crippen molar-refractivity contribution < 1.29 is 14.7 Å². The second kappa shape index (κ2) is 6.11. The maximum absolute atomic E-state index is 12.5. The predicted molar refractivity (Wildman–Crippen MR) is 91.8 cm³/mol. The monoisotopic (exact) mass is 351 g/mol. The molecule has 3 heterocycles. The summed E-state index contributed by atoms with van der Waals surface area (Å²) in [5.74, 6) is 0.0359.